The minimum absolute atomic E-state index is 0.122. The topological polar surface area (TPSA) is 69.6 Å². The van der Waals surface area contributed by atoms with Crippen LogP contribution in [0.4, 0.5) is 5.69 Å². The third-order valence-corrected chi connectivity index (χ3v) is 4.06. The zero-order valence-electron chi connectivity index (χ0n) is 11.0. The molecule has 1 fully saturated rings. The Labute approximate surface area is 126 Å². The highest BCUT2D eigenvalue weighted by molar-refractivity contribution is 9.10. The molecule has 2 rings (SSSR count). The maximum atomic E-state index is 12.0. The number of piperidine rings is 1. The minimum atomic E-state index is -0.777. The molecule has 2 N–H and O–H groups in total. The van der Waals surface area contributed by atoms with E-state index in [1.807, 2.05) is 29.2 Å². The molecule has 0 bridgehead atoms. The molecule has 1 heterocycles. The van der Waals surface area contributed by atoms with Crippen LogP contribution in [0.3, 0.4) is 0 Å². The molecule has 20 heavy (non-hydrogen) atoms. The quantitative estimate of drug-likeness (QED) is 0.881. The lowest BCUT2D eigenvalue weighted by atomic mass is 9.98. The first-order chi connectivity index (χ1) is 9.56. The van der Waals surface area contributed by atoms with E-state index in [1.54, 1.807) is 0 Å². The fraction of sp³-hybridized carbons (Fsp3) is 0.429. The summed E-state index contributed by atoms with van der Waals surface area (Å²) in [5, 5.41) is 11.9. The number of carboxylic acids is 1. The molecule has 0 spiro atoms. The van der Waals surface area contributed by atoms with Crippen LogP contribution in [0.25, 0.3) is 0 Å². The molecule has 1 aliphatic heterocycles. The van der Waals surface area contributed by atoms with Gasteiger partial charge in [0.25, 0.3) is 0 Å². The van der Waals surface area contributed by atoms with Crippen molar-refractivity contribution >= 4 is 33.5 Å². The number of nitrogens with one attached hydrogen (secondary N) is 1. The molecule has 108 valence electrons. The first-order valence-corrected chi connectivity index (χ1v) is 7.35. The Morgan fingerprint density at radius 3 is 2.85 bits per heavy atom. The van der Waals surface area contributed by atoms with Crippen LogP contribution in [0.15, 0.2) is 28.7 Å². The van der Waals surface area contributed by atoms with Crippen molar-refractivity contribution in [3.8, 4) is 0 Å². The minimum Gasteiger partial charge on any atom is -0.481 e. The van der Waals surface area contributed by atoms with Gasteiger partial charge in [0.2, 0.25) is 5.91 Å². The van der Waals surface area contributed by atoms with E-state index in [-0.39, 0.29) is 18.4 Å². The summed E-state index contributed by atoms with van der Waals surface area (Å²) in [5.41, 5.74) is 0.726. The first-order valence-electron chi connectivity index (χ1n) is 6.56. The largest absolute Gasteiger partial charge is 0.481 e. The second-order valence-electron chi connectivity index (χ2n) is 4.94. The van der Waals surface area contributed by atoms with Crippen LogP contribution in [0.1, 0.15) is 12.8 Å². The Morgan fingerprint density at radius 2 is 2.15 bits per heavy atom. The molecule has 0 saturated carbocycles. The van der Waals surface area contributed by atoms with Crippen molar-refractivity contribution in [3.63, 3.8) is 0 Å². The van der Waals surface area contributed by atoms with Gasteiger partial charge < -0.3 is 10.4 Å². The van der Waals surface area contributed by atoms with E-state index in [1.165, 1.54) is 0 Å². The van der Waals surface area contributed by atoms with Gasteiger partial charge in [0.1, 0.15) is 0 Å². The number of carbonyl (C=O) groups is 2. The second kappa shape index (κ2) is 6.85. The predicted molar refractivity (Wildman–Crippen MR) is 79.6 cm³/mol. The number of likely N-dealkylation sites (tertiary alicyclic amines) is 1. The summed E-state index contributed by atoms with van der Waals surface area (Å²) < 4.78 is 0.829. The van der Waals surface area contributed by atoms with Gasteiger partial charge in [0.05, 0.1) is 18.2 Å². The summed E-state index contributed by atoms with van der Waals surface area (Å²) in [7, 11) is 0. The van der Waals surface area contributed by atoms with Gasteiger partial charge in [-0.1, -0.05) is 12.1 Å². The Kier molecular flexibility index (Phi) is 5.14. The number of aliphatic carboxylic acids is 1. The Hall–Kier alpha value is -1.40. The molecular formula is C14H17BrN2O3. The number of carbonyl (C=O) groups excluding carboxylic acids is 1. The van der Waals surface area contributed by atoms with Gasteiger partial charge in [-0.25, -0.2) is 0 Å². The van der Waals surface area contributed by atoms with E-state index in [4.69, 9.17) is 5.11 Å². The van der Waals surface area contributed by atoms with E-state index in [2.05, 4.69) is 21.2 Å². The van der Waals surface area contributed by atoms with Crippen molar-refractivity contribution in [2.45, 2.75) is 12.8 Å². The highest BCUT2D eigenvalue weighted by Crippen LogP contribution is 2.21. The number of hydrogen-bond acceptors (Lipinski definition) is 3. The molecule has 1 saturated heterocycles. The van der Waals surface area contributed by atoms with Crippen LogP contribution in [0, 0.1) is 5.92 Å². The zero-order valence-corrected chi connectivity index (χ0v) is 12.6. The number of halogens is 1. The second-order valence-corrected chi connectivity index (χ2v) is 5.79. The van der Waals surface area contributed by atoms with Gasteiger partial charge in [-0.3, -0.25) is 14.5 Å². The smallest absolute Gasteiger partial charge is 0.307 e. The Morgan fingerprint density at radius 1 is 1.40 bits per heavy atom. The molecule has 1 aromatic carbocycles. The van der Waals surface area contributed by atoms with E-state index in [9.17, 15) is 9.59 Å². The summed E-state index contributed by atoms with van der Waals surface area (Å²) in [6.07, 6.45) is 1.51. The van der Waals surface area contributed by atoms with Gasteiger partial charge >= 0.3 is 5.97 Å². The number of para-hydroxylation sites is 1. The number of benzene rings is 1. The Bertz CT molecular complexity index is 507. The summed E-state index contributed by atoms with van der Waals surface area (Å²) >= 11 is 3.37. The van der Waals surface area contributed by atoms with Crippen molar-refractivity contribution in [1.82, 2.24) is 4.90 Å². The average molecular weight is 341 g/mol. The fourth-order valence-corrected chi connectivity index (χ4v) is 2.74. The summed E-state index contributed by atoms with van der Waals surface area (Å²) in [5.74, 6) is -1.26. The molecule has 0 aliphatic carbocycles. The van der Waals surface area contributed by atoms with Crippen LogP contribution in [-0.4, -0.2) is 41.5 Å². The number of carboxylic acid groups (broad SMARTS) is 1. The molecule has 0 aromatic heterocycles. The van der Waals surface area contributed by atoms with Crippen LogP contribution in [0.5, 0.6) is 0 Å². The zero-order chi connectivity index (χ0) is 14.5. The van der Waals surface area contributed by atoms with Crippen LogP contribution in [-0.2, 0) is 9.59 Å². The van der Waals surface area contributed by atoms with E-state index >= 15 is 0 Å². The van der Waals surface area contributed by atoms with E-state index in [0.29, 0.717) is 13.0 Å². The van der Waals surface area contributed by atoms with Gasteiger partial charge in [-0.2, -0.15) is 0 Å². The van der Waals surface area contributed by atoms with Crippen molar-refractivity contribution in [3.05, 3.63) is 28.7 Å². The molecule has 0 radical (unpaired) electrons. The van der Waals surface area contributed by atoms with Gasteiger partial charge in [0, 0.05) is 11.0 Å². The van der Waals surface area contributed by atoms with E-state index < -0.39 is 5.97 Å². The fourth-order valence-electron chi connectivity index (χ4n) is 2.36. The van der Waals surface area contributed by atoms with Gasteiger partial charge in [-0.05, 0) is 47.4 Å². The number of rotatable bonds is 4. The first kappa shape index (κ1) is 15.0. The maximum absolute atomic E-state index is 12.0. The van der Waals surface area contributed by atoms with Gasteiger partial charge in [0.15, 0.2) is 0 Å². The monoisotopic (exact) mass is 340 g/mol. The lowest BCUT2D eigenvalue weighted by molar-refractivity contribution is -0.144. The molecular weight excluding hydrogens is 324 g/mol. The van der Waals surface area contributed by atoms with Crippen molar-refractivity contribution in [2.75, 3.05) is 25.0 Å². The number of nitrogens with zero attached hydrogens (tertiary/aromatic N) is 1. The SMILES string of the molecule is O=C(CN1CCCC(C(=O)O)C1)Nc1ccccc1Br. The molecule has 1 amide bonds. The molecule has 1 unspecified atom stereocenters. The van der Waals surface area contributed by atoms with Crippen LogP contribution >= 0.6 is 15.9 Å². The summed E-state index contributed by atoms with van der Waals surface area (Å²) in [6.45, 7) is 1.44. The molecule has 5 nitrogen and oxygen atoms in total. The predicted octanol–water partition coefficient (Wildman–Crippen LogP) is 2.18. The Balaban J connectivity index is 1.88. The molecule has 6 heteroatoms. The normalized spacial score (nSPS) is 19.6. The van der Waals surface area contributed by atoms with Crippen molar-refractivity contribution in [2.24, 2.45) is 5.92 Å². The molecule has 1 aromatic rings. The lowest BCUT2D eigenvalue weighted by Gasteiger charge is -2.29. The molecule has 1 atom stereocenters. The van der Waals surface area contributed by atoms with Crippen molar-refractivity contribution in [1.29, 1.82) is 0 Å². The maximum Gasteiger partial charge on any atom is 0.307 e. The third-order valence-electron chi connectivity index (χ3n) is 3.37. The standard InChI is InChI=1S/C14H17BrN2O3/c15-11-5-1-2-6-12(11)16-13(18)9-17-7-3-4-10(8-17)14(19)20/h1-2,5-6,10H,3-4,7-9H2,(H,16,18)(H,19,20). The third kappa shape index (κ3) is 4.05. The summed E-state index contributed by atoms with van der Waals surface area (Å²) in [4.78, 5) is 24.9. The summed E-state index contributed by atoms with van der Waals surface area (Å²) in [6, 6.07) is 7.40. The highest BCUT2D eigenvalue weighted by Gasteiger charge is 2.26. The molecule has 1 aliphatic rings. The average Bonchev–Trinajstić information content (AvgIpc) is 2.41. The lowest BCUT2D eigenvalue weighted by Crippen LogP contribution is -2.42. The number of amides is 1. The highest BCUT2D eigenvalue weighted by atomic mass is 79.9. The van der Waals surface area contributed by atoms with Crippen LogP contribution in [0.2, 0.25) is 0 Å². The van der Waals surface area contributed by atoms with E-state index in [0.717, 1.165) is 23.1 Å². The van der Waals surface area contributed by atoms with Crippen LogP contribution < -0.4 is 5.32 Å². The van der Waals surface area contributed by atoms with Gasteiger partial charge in [-0.15, -0.1) is 0 Å². The van der Waals surface area contributed by atoms with Crippen molar-refractivity contribution < 1.29 is 14.7 Å². The number of anilines is 1. The number of hydrogen-bond donors (Lipinski definition) is 2.